The zero-order valence-electron chi connectivity index (χ0n) is 13.8. The van der Waals surface area contributed by atoms with Crippen molar-refractivity contribution in [1.29, 1.82) is 0 Å². The average molecular weight is 334 g/mol. The van der Waals surface area contributed by atoms with Crippen molar-refractivity contribution in [3.05, 3.63) is 78.3 Å². The summed E-state index contributed by atoms with van der Waals surface area (Å²) in [5, 5.41) is 3.40. The summed E-state index contributed by atoms with van der Waals surface area (Å²) in [6, 6.07) is 18.7. The molecule has 0 aliphatic carbocycles. The van der Waals surface area contributed by atoms with Crippen molar-refractivity contribution in [2.45, 2.75) is 13.1 Å². The van der Waals surface area contributed by atoms with Crippen LogP contribution in [0.25, 0.3) is 0 Å². The van der Waals surface area contributed by atoms with Crippen molar-refractivity contribution in [3.8, 4) is 5.75 Å². The van der Waals surface area contributed by atoms with Crippen molar-refractivity contribution in [2.24, 2.45) is 0 Å². The molecule has 0 spiro atoms. The molecule has 2 heterocycles. The highest BCUT2D eigenvalue weighted by molar-refractivity contribution is 6.12. The average Bonchev–Trinajstić information content (AvgIpc) is 3.17. The van der Waals surface area contributed by atoms with Gasteiger partial charge in [-0.25, -0.2) is 0 Å². The quantitative estimate of drug-likeness (QED) is 0.766. The van der Waals surface area contributed by atoms with E-state index >= 15 is 0 Å². The van der Waals surface area contributed by atoms with Crippen LogP contribution in [0.1, 0.15) is 29.2 Å². The van der Waals surface area contributed by atoms with Gasteiger partial charge in [-0.1, -0.05) is 12.1 Å². The van der Waals surface area contributed by atoms with Crippen LogP contribution in [0.3, 0.4) is 0 Å². The zero-order valence-corrected chi connectivity index (χ0v) is 13.8. The van der Waals surface area contributed by atoms with Gasteiger partial charge in [0.2, 0.25) is 0 Å². The number of nitrogens with one attached hydrogen (secondary N) is 1. The Bertz CT molecular complexity index is 872. The fraction of sp³-hybridized carbons (Fsp3) is 0.150. The summed E-state index contributed by atoms with van der Waals surface area (Å²) in [6.45, 7) is 2.54. The maximum atomic E-state index is 13.1. The number of furan rings is 1. The van der Waals surface area contributed by atoms with Gasteiger partial charge in [0.1, 0.15) is 11.5 Å². The predicted octanol–water partition coefficient (Wildman–Crippen LogP) is 4.45. The zero-order chi connectivity index (χ0) is 17.2. The summed E-state index contributed by atoms with van der Waals surface area (Å²) in [5.41, 5.74) is 2.21. The number of benzene rings is 2. The predicted molar refractivity (Wildman–Crippen MR) is 95.9 cm³/mol. The van der Waals surface area contributed by atoms with Crippen LogP contribution in [0.4, 0.5) is 11.4 Å². The lowest BCUT2D eigenvalue weighted by molar-refractivity contribution is 0.0971. The molecule has 5 heteroatoms. The van der Waals surface area contributed by atoms with Crippen molar-refractivity contribution >= 4 is 17.3 Å². The largest absolute Gasteiger partial charge is 0.494 e. The number of rotatable bonds is 4. The van der Waals surface area contributed by atoms with Gasteiger partial charge in [-0.05, 0) is 55.5 Å². The first-order chi connectivity index (χ1) is 12.3. The fourth-order valence-electron chi connectivity index (χ4n) is 3.04. The van der Waals surface area contributed by atoms with Gasteiger partial charge in [0.15, 0.2) is 6.17 Å². The van der Waals surface area contributed by atoms with E-state index in [0.717, 1.165) is 17.1 Å². The van der Waals surface area contributed by atoms with E-state index < -0.39 is 6.17 Å². The second-order valence-corrected chi connectivity index (χ2v) is 5.71. The summed E-state index contributed by atoms with van der Waals surface area (Å²) in [5.74, 6) is 1.38. The molecule has 1 aliphatic rings. The number of carbonyl (C=O) groups is 1. The standard InChI is InChI=1S/C20H18N2O3/c1-2-24-15-11-9-14(10-12-15)22-19(18-8-5-13-25-18)21-17-7-4-3-6-16(17)20(22)23/h3-13,19,21H,2H2,1H3. The van der Waals surface area contributed by atoms with Crippen molar-refractivity contribution in [3.63, 3.8) is 0 Å². The Morgan fingerprint density at radius 1 is 1.08 bits per heavy atom. The Kier molecular flexibility index (Phi) is 3.90. The molecule has 2 aromatic carbocycles. The van der Waals surface area contributed by atoms with Crippen LogP contribution < -0.4 is 15.0 Å². The number of hydrogen-bond acceptors (Lipinski definition) is 4. The third-order valence-corrected chi connectivity index (χ3v) is 4.17. The normalized spacial score (nSPS) is 16.3. The maximum absolute atomic E-state index is 13.1. The summed E-state index contributed by atoms with van der Waals surface area (Å²) < 4.78 is 11.1. The van der Waals surface area contributed by atoms with E-state index in [1.807, 2.05) is 67.6 Å². The molecule has 0 bridgehead atoms. The Morgan fingerprint density at radius 3 is 2.60 bits per heavy atom. The van der Waals surface area contributed by atoms with E-state index in [2.05, 4.69) is 5.32 Å². The molecule has 4 rings (SSSR count). The highest BCUT2D eigenvalue weighted by atomic mass is 16.5. The van der Waals surface area contributed by atoms with Crippen LogP contribution >= 0.6 is 0 Å². The molecule has 1 unspecified atom stereocenters. The van der Waals surface area contributed by atoms with Gasteiger partial charge in [0.05, 0.1) is 18.4 Å². The molecule has 0 saturated heterocycles. The van der Waals surface area contributed by atoms with E-state index in [1.54, 1.807) is 11.2 Å². The minimum Gasteiger partial charge on any atom is -0.494 e. The minimum absolute atomic E-state index is 0.0695. The molecule has 0 fully saturated rings. The van der Waals surface area contributed by atoms with Crippen molar-refractivity contribution in [1.82, 2.24) is 0 Å². The highest BCUT2D eigenvalue weighted by Crippen LogP contribution is 2.37. The smallest absolute Gasteiger partial charge is 0.262 e. The number of para-hydroxylation sites is 1. The molecule has 1 amide bonds. The number of nitrogens with zero attached hydrogens (tertiary/aromatic N) is 1. The Hall–Kier alpha value is -3.21. The lowest BCUT2D eigenvalue weighted by atomic mass is 10.1. The van der Waals surface area contributed by atoms with E-state index in [1.165, 1.54) is 0 Å². The second-order valence-electron chi connectivity index (χ2n) is 5.71. The molecule has 126 valence electrons. The molecule has 1 N–H and O–H groups in total. The van der Waals surface area contributed by atoms with Gasteiger partial charge in [0.25, 0.3) is 5.91 Å². The van der Waals surface area contributed by atoms with E-state index in [-0.39, 0.29) is 5.91 Å². The van der Waals surface area contributed by atoms with E-state index in [4.69, 9.17) is 9.15 Å². The van der Waals surface area contributed by atoms with Gasteiger partial charge in [-0.15, -0.1) is 0 Å². The molecule has 0 saturated carbocycles. The second kappa shape index (κ2) is 6.36. The fourth-order valence-corrected chi connectivity index (χ4v) is 3.04. The van der Waals surface area contributed by atoms with Crippen LogP contribution in [-0.4, -0.2) is 12.5 Å². The van der Waals surface area contributed by atoms with E-state index in [0.29, 0.717) is 17.9 Å². The number of amides is 1. The monoisotopic (exact) mass is 334 g/mol. The number of ether oxygens (including phenoxy) is 1. The first-order valence-electron chi connectivity index (χ1n) is 8.23. The summed E-state index contributed by atoms with van der Waals surface area (Å²) in [6.07, 6.45) is 1.20. The first kappa shape index (κ1) is 15.3. The highest BCUT2D eigenvalue weighted by Gasteiger charge is 2.35. The lowest BCUT2D eigenvalue weighted by Crippen LogP contribution is -2.43. The molecule has 25 heavy (non-hydrogen) atoms. The third-order valence-electron chi connectivity index (χ3n) is 4.17. The summed E-state index contributed by atoms with van der Waals surface area (Å²) in [7, 11) is 0. The number of hydrogen-bond donors (Lipinski definition) is 1. The molecule has 5 nitrogen and oxygen atoms in total. The molecule has 0 radical (unpaired) electrons. The van der Waals surface area contributed by atoms with Gasteiger partial charge in [0, 0.05) is 11.4 Å². The molecule has 1 aromatic heterocycles. The molecular weight excluding hydrogens is 316 g/mol. The van der Waals surface area contributed by atoms with Gasteiger partial charge in [-0.2, -0.15) is 0 Å². The third kappa shape index (κ3) is 2.74. The Labute approximate surface area is 145 Å². The van der Waals surface area contributed by atoms with Crippen LogP contribution in [0, 0.1) is 0 Å². The van der Waals surface area contributed by atoms with Crippen LogP contribution in [-0.2, 0) is 0 Å². The Balaban J connectivity index is 1.78. The summed E-state index contributed by atoms with van der Waals surface area (Å²) >= 11 is 0. The SMILES string of the molecule is CCOc1ccc(N2C(=O)c3ccccc3NC2c2ccco2)cc1. The minimum atomic E-state index is -0.407. The Morgan fingerprint density at radius 2 is 1.88 bits per heavy atom. The van der Waals surface area contributed by atoms with Crippen molar-refractivity contribution in [2.75, 3.05) is 16.8 Å². The number of carbonyl (C=O) groups excluding carboxylic acids is 1. The van der Waals surface area contributed by atoms with Gasteiger partial charge >= 0.3 is 0 Å². The summed E-state index contributed by atoms with van der Waals surface area (Å²) in [4.78, 5) is 14.9. The molecule has 1 atom stereocenters. The topological polar surface area (TPSA) is 54.7 Å². The molecule has 3 aromatic rings. The van der Waals surface area contributed by atoms with E-state index in [9.17, 15) is 4.79 Å². The number of fused-ring (bicyclic) bond motifs is 1. The van der Waals surface area contributed by atoms with Gasteiger partial charge < -0.3 is 14.5 Å². The number of anilines is 2. The molecule has 1 aliphatic heterocycles. The van der Waals surface area contributed by atoms with Crippen molar-refractivity contribution < 1.29 is 13.9 Å². The maximum Gasteiger partial charge on any atom is 0.262 e. The van der Waals surface area contributed by atoms with Crippen LogP contribution in [0.5, 0.6) is 5.75 Å². The first-order valence-corrected chi connectivity index (χ1v) is 8.23. The molecular formula is C20H18N2O3. The van der Waals surface area contributed by atoms with Gasteiger partial charge in [-0.3, -0.25) is 9.69 Å². The van der Waals surface area contributed by atoms with Crippen LogP contribution in [0.15, 0.2) is 71.3 Å². The lowest BCUT2D eigenvalue weighted by Gasteiger charge is -2.36. The van der Waals surface area contributed by atoms with Crippen LogP contribution in [0.2, 0.25) is 0 Å².